The predicted octanol–water partition coefficient (Wildman–Crippen LogP) is 2.19. The normalized spacial score (nSPS) is 11.6. The maximum Gasteiger partial charge on any atom is 0.0355 e. The lowest BCUT2D eigenvalue weighted by Crippen LogP contribution is -2.29. The molecule has 0 radical (unpaired) electrons. The van der Waals surface area contributed by atoms with Gasteiger partial charge < -0.3 is 5.73 Å². The standard InChI is InChI=1S/C10H15N/c1-8-6-4-5-7-9(8)10(2,3)11/h4-7H,11H2,1-3H3. The van der Waals surface area contributed by atoms with E-state index in [0.29, 0.717) is 0 Å². The molecular formula is C10H15N. The molecule has 0 amide bonds. The third-order valence-electron chi connectivity index (χ3n) is 1.84. The van der Waals surface area contributed by atoms with Gasteiger partial charge in [0.1, 0.15) is 0 Å². The Balaban J connectivity index is 3.14. The Morgan fingerprint density at radius 1 is 1.18 bits per heavy atom. The van der Waals surface area contributed by atoms with Gasteiger partial charge in [-0.25, -0.2) is 0 Å². The first kappa shape index (κ1) is 8.28. The van der Waals surface area contributed by atoms with Gasteiger partial charge in [-0.2, -0.15) is 0 Å². The number of aryl methyl sites for hydroxylation is 1. The Kier molecular flexibility index (Phi) is 2.01. The van der Waals surface area contributed by atoms with Gasteiger partial charge in [-0.3, -0.25) is 0 Å². The molecule has 0 saturated carbocycles. The summed E-state index contributed by atoms with van der Waals surface area (Å²) < 4.78 is 0. The second-order valence-corrected chi connectivity index (χ2v) is 3.54. The van der Waals surface area contributed by atoms with Crippen molar-refractivity contribution >= 4 is 0 Å². The van der Waals surface area contributed by atoms with Gasteiger partial charge in [0.15, 0.2) is 0 Å². The molecule has 60 valence electrons. The van der Waals surface area contributed by atoms with Gasteiger partial charge in [0.25, 0.3) is 0 Å². The van der Waals surface area contributed by atoms with Crippen LogP contribution in [0.1, 0.15) is 25.0 Å². The van der Waals surface area contributed by atoms with Crippen LogP contribution in [0.25, 0.3) is 0 Å². The molecule has 0 aliphatic rings. The number of rotatable bonds is 1. The van der Waals surface area contributed by atoms with E-state index in [-0.39, 0.29) is 5.54 Å². The molecule has 0 unspecified atom stereocenters. The fourth-order valence-corrected chi connectivity index (χ4v) is 1.30. The Hall–Kier alpha value is -0.820. The summed E-state index contributed by atoms with van der Waals surface area (Å²) in [6.07, 6.45) is 0. The van der Waals surface area contributed by atoms with Crippen LogP contribution in [0.4, 0.5) is 0 Å². The number of benzene rings is 1. The zero-order chi connectivity index (χ0) is 8.48. The summed E-state index contributed by atoms with van der Waals surface area (Å²) in [7, 11) is 0. The molecule has 1 rings (SSSR count). The monoisotopic (exact) mass is 149 g/mol. The Morgan fingerprint density at radius 3 is 2.09 bits per heavy atom. The van der Waals surface area contributed by atoms with E-state index >= 15 is 0 Å². The topological polar surface area (TPSA) is 26.0 Å². The van der Waals surface area contributed by atoms with Gasteiger partial charge in [-0.15, -0.1) is 0 Å². The zero-order valence-electron chi connectivity index (χ0n) is 7.39. The molecular weight excluding hydrogens is 134 g/mol. The molecule has 0 heterocycles. The molecule has 0 spiro atoms. The van der Waals surface area contributed by atoms with Crippen molar-refractivity contribution in [3.63, 3.8) is 0 Å². The second-order valence-electron chi connectivity index (χ2n) is 3.54. The van der Waals surface area contributed by atoms with E-state index in [9.17, 15) is 0 Å². The van der Waals surface area contributed by atoms with Gasteiger partial charge in [-0.1, -0.05) is 24.3 Å². The van der Waals surface area contributed by atoms with Crippen LogP contribution in [0, 0.1) is 6.92 Å². The molecule has 1 aromatic rings. The average Bonchev–Trinajstić information content (AvgIpc) is 1.86. The summed E-state index contributed by atoms with van der Waals surface area (Å²) in [6, 6.07) is 8.22. The van der Waals surface area contributed by atoms with Crippen LogP contribution in [-0.2, 0) is 5.54 Å². The molecule has 0 atom stereocenters. The Labute approximate surface area is 68.2 Å². The van der Waals surface area contributed by atoms with Crippen LogP contribution in [0.2, 0.25) is 0 Å². The van der Waals surface area contributed by atoms with Crippen LogP contribution in [0.5, 0.6) is 0 Å². The minimum Gasteiger partial charge on any atom is -0.322 e. The van der Waals surface area contributed by atoms with E-state index in [2.05, 4.69) is 19.1 Å². The van der Waals surface area contributed by atoms with Crippen molar-refractivity contribution in [3.05, 3.63) is 35.4 Å². The summed E-state index contributed by atoms with van der Waals surface area (Å²) in [5, 5.41) is 0. The van der Waals surface area contributed by atoms with Crippen molar-refractivity contribution in [2.45, 2.75) is 26.3 Å². The van der Waals surface area contributed by atoms with Crippen LogP contribution < -0.4 is 5.73 Å². The minimum atomic E-state index is -0.217. The highest BCUT2D eigenvalue weighted by atomic mass is 14.7. The number of nitrogens with two attached hydrogens (primary N) is 1. The lowest BCUT2D eigenvalue weighted by Gasteiger charge is -2.21. The molecule has 0 bridgehead atoms. The highest BCUT2D eigenvalue weighted by Crippen LogP contribution is 2.19. The van der Waals surface area contributed by atoms with Gasteiger partial charge >= 0.3 is 0 Å². The molecule has 0 aromatic heterocycles. The highest BCUT2D eigenvalue weighted by molar-refractivity contribution is 5.30. The Bertz CT molecular complexity index is 245. The zero-order valence-corrected chi connectivity index (χ0v) is 7.39. The molecule has 1 heteroatoms. The first-order valence-corrected chi connectivity index (χ1v) is 3.87. The van der Waals surface area contributed by atoms with Crippen LogP contribution in [0.15, 0.2) is 24.3 Å². The van der Waals surface area contributed by atoms with Gasteiger partial charge in [-0.05, 0) is 31.9 Å². The van der Waals surface area contributed by atoms with Crippen molar-refractivity contribution in [1.82, 2.24) is 0 Å². The third-order valence-corrected chi connectivity index (χ3v) is 1.84. The lowest BCUT2D eigenvalue weighted by molar-refractivity contribution is 0.551. The van der Waals surface area contributed by atoms with Crippen molar-refractivity contribution < 1.29 is 0 Å². The lowest BCUT2D eigenvalue weighted by atomic mass is 9.92. The molecule has 1 aromatic carbocycles. The summed E-state index contributed by atoms with van der Waals surface area (Å²) >= 11 is 0. The van der Waals surface area contributed by atoms with E-state index < -0.39 is 0 Å². The first-order chi connectivity index (χ1) is 5.02. The molecule has 0 aliphatic heterocycles. The maximum absolute atomic E-state index is 5.96. The largest absolute Gasteiger partial charge is 0.322 e. The predicted molar refractivity (Wildman–Crippen MR) is 48.4 cm³/mol. The smallest absolute Gasteiger partial charge is 0.0355 e. The third kappa shape index (κ3) is 1.81. The second kappa shape index (κ2) is 2.67. The SMILES string of the molecule is Cc1ccccc1C(C)(C)N. The van der Waals surface area contributed by atoms with E-state index in [0.717, 1.165) is 0 Å². The summed E-state index contributed by atoms with van der Waals surface area (Å²) in [5.41, 5.74) is 8.23. The van der Waals surface area contributed by atoms with E-state index in [1.54, 1.807) is 0 Å². The van der Waals surface area contributed by atoms with E-state index in [4.69, 9.17) is 5.73 Å². The van der Waals surface area contributed by atoms with E-state index in [1.165, 1.54) is 11.1 Å². The molecule has 0 saturated heterocycles. The number of hydrogen-bond acceptors (Lipinski definition) is 1. The van der Waals surface area contributed by atoms with Gasteiger partial charge in [0.2, 0.25) is 0 Å². The summed E-state index contributed by atoms with van der Waals surface area (Å²) in [6.45, 7) is 6.13. The van der Waals surface area contributed by atoms with Crippen LogP contribution >= 0.6 is 0 Å². The number of hydrogen-bond donors (Lipinski definition) is 1. The van der Waals surface area contributed by atoms with Crippen molar-refractivity contribution in [1.29, 1.82) is 0 Å². The fraction of sp³-hybridized carbons (Fsp3) is 0.400. The maximum atomic E-state index is 5.96. The van der Waals surface area contributed by atoms with Crippen molar-refractivity contribution in [2.75, 3.05) is 0 Å². The van der Waals surface area contributed by atoms with Gasteiger partial charge in [0, 0.05) is 5.54 Å². The summed E-state index contributed by atoms with van der Waals surface area (Å²) in [5.74, 6) is 0. The fourth-order valence-electron chi connectivity index (χ4n) is 1.30. The quantitative estimate of drug-likeness (QED) is 0.650. The Morgan fingerprint density at radius 2 is 1.73 bits per heavy atom. The minimum absolute atomic E-state index is 0.217. The average molecular weight is 149 g/mol. The highest BCUT2D eigenvalue weighted by Gasteiger charge is 2.14. The van der Waals surface area contributed by atoms with Gasteiger partial charge in [0.05, 0.1) is 0 Å². The van der Waals surface area contributed by atoms with Crippen LogP contribution in [0.3, 0.4) is 0 Å². The summed E-state index contributed by atoms with van der Waals surface area (Å²) in [4.78, 5) is 0. The van der Waals surface area contributed by atoms with Crippen molar-refractivity contribution in [2.24, 2.45) is 5.73 Å². The molecule has 1 nitrogen and oxygen atoms in total. The molecule has 2 N–H and O–H groups in total. The molecule has 0 fully saturated rings. The first-order valence-electron chi connectivity index (χ1n) is 3.87. The van der Waals surface area contributed by atoms with E-state index in [1.807, 2.05) is 26.0 Å². The molecule has 0 aliphatic carbocycles. The molecule has 11 heavy (non-hydrogen) atoms. The van der Waals surface area contributed by atoms with Crippen molar-refractivity contribution in [3.8, 4) is 0 Å². The van der Waals surface area contributed by atoms with Crippen LogP contribution in [-0.4, -0.2) is 0 Å².